The number of carbonyl (C=O) groups excluding carboxylic acids is 1. The van der Waals surface area contributed by atoms with Crippen molar-refractivity contribution in [1.29, 1.82) is 0 Å². The summed E-state index contributed by atoms with van der Waals surface area (Å²) < 4.78 is 5.48. The number of urea groups is 1. The molecule has 2 saturated heterocycles. The molecule has 0 spiro atoms. The molecule has 0 aliphatic carbocycles. The maximum Gasteiger partial charge on any atom is 0.327 e. The van der Waals surface area contributed by atoms with Crippen LogP contribution >= 0.6 is 11.8 Å². The fraction of sp³-hybridized carbons (Fsp3) is 0.833. The van der Waals surface area contributed by atoms with Gasteiger partial charge in [0.25, 0.3) is 0 Å². The molecule has 2 atom stereocenters. The zero-order valence-corrected chi connectivity index (χ0v) is 11.7. The Morgan fingerprint density at radius 2 is 2.32 bits per heavy atom. The van der Waals surface area contributed by atoms with Gasteiger partial charge in [-0.05, 0) is 19.3 Å². The molecule has 7 heteroatoms. The van der Waals surface area contributed by atoms with Crippen LogP contribution in [0.1, 0.15) is 19.3 Å². The SMILES string of the molecule is O=C(O)C1CSCCN1C(=O)NCCC1CCCO1. The van der Waals surface area contributed by atoms with Gasteiger partial charge in [0.2, 0.25) is 0 Å². The number of hydrogen-bond donors (Lipinski definition) is 2. The average Bonchev–Trinajstić information content (AvgIpc) is 2.91. The fourth-order valence-corrected chi connectivity index (χ4v) is 3.40. The Labute approximate surface area is 116 Å². The van der Waals surface area contributed by atoms with E-state index in [1.807, 2.05) is 0 Å². The summed E-state index contributed by atoms with van der Waals surface area (Å²) in [6.07, 6.45) is 3.18. The smallest absolute Gasteiger partial charge is 0.327 e. The van der Waals surface area contributed by atoms with Gasteiger partial charge in [-0.1, -0.05) is 0 Å². The number of carboxylic acids is 1. The number of carbonyl (C=O) groups is 2. The van der Waals surface area contributed by atoms with Crippen LogP contribution in [0.5, 0.6) is 0 Å². The highest BCUT2D eigenvalue weighted by atomic mass is 32.2. The highest BCUT2D eigenvalue weighted by molar-refractivity contribution is 7.99. The fourth-order valence-electron chi connectivity index (χ4n) is 2.36. The Balaban J connectivity index is 1.75. The first kappa shape index (κ1) is 14.5. The predicted octanol–water partition coefficient (Wildman–Crippen LogP) is 0.767. The van der Waals surface area contributed by atoms with E-state index < -0.39 is 12.0 Å². The largest absolute Gasteiger partial charge is 0.480 e. The molecule has 2 N–H and O–H groups in total. The van der Waals surface area contributed by atoms with E-state index in [4.69, 9.17) is 9.84 Å². The van der Waals surface area contributed by atoms with Crippen molar-refractivity contribution >= 4 is 23.8 Å². The molecule has 6 nitrogen and oxygen atoms in total. The maximum absolute atomic E-state index is 12.0. The zero-order valence-electron chi connectivity index (χ0n) is 10.8. The third-order valence-corrected chi connectivity index (χ3v) is 4.46. The normalized spacial score (nSPS) is 27.3. The summed E-state index contributed by atoms with van der Waals surface area (Å²) in [7, 11) is 0. The van der Waals surface area contributed by atoms with Gasteiger partial charge in [-0.15, -0.1) is 0 Å². The second kappa shape index (κ2) is 7.00. The van der Waals surface area contributed by atoms with Crippen molar-refractivity contribution in [2.75, 3.05) is 31.2 Å². The second-order valence-corrected chi connectivity index (χ2v) is 5.93. The molecular weight excluding hydrogens is 268 g/mol. The Kier molecular flexibility index (Phi) is 5.33. The molecule has 19 heavy (non-hydrogen) atoms. The van der Waals surface area contributed by atoms with E-state index in [9.17, 15) is 9.59 Å². The molecule has 0 saturated carbocycles. The molecule has 0 aromatic heterocycles. The van der Waals surface area contributed by atoms with Crippen molar-refractivity contribution in [3.05, 3.63) is 0 Å². The number of carboxylic acid groups (broad SMARTS) is 1. The summed E-state index contributed by atoms with van der Waals surface area (Å²) >= 11 is 1.57. The minimum atomic E-state index is -0.929. The minimum absolute atomic E-state index is 0.243. The van der Waals surface area contributed by atoms with Crippen LogP contribution in [0.25, 0.3) is 0 Å². The number of nitrogens with zero attached hydrogens (tertiary/aromatic N) is 1. The summed E-state index contributed by atoms with van der Waals surface area (Å²) in [5.74, 6) is 0.332. The van der Waals surface area contributed by atoms with Gasteiger partial charge >= 0.3 is 12.0 Å². The van der Waals surface area contributed by atoms with Crippen LogP contribution in [0.4, 0.5) is 4.79 Å². The van der Waals surface area contributed by atoms with Crippen LogP contribution in [-0.4, -0.2) is 65.4 Å². The summed E-state index contributed by atoms with van der Waals surface area (Å²) in [6.45, 7) is 1.84. The lowest BCUT2D eigenvalue weighted by molar-refractivity contribution is -0.141. The van der Waals surface area contributed by atoms with Crippen LogP contribution in [-0.2, 0) is 9.53 Å². The highest BCUT2D eigenvalue weighted by Gasteiger charge is 2.32. The first-order valence-corrected chi connectivity index (χ1v) is 7.80. The Hall–Kier alpha value is -0.950. The Morgan fingerprint density at radius 3 is 3.00 bits per heavy atom. The summed E-state index contributed by atoms with van der Waals surface area (Å²) in [5.41, 5.74) is 0. The molecule has 2 aliphatic heterocycles. The first-order valence-electron chi connectivity index (χ1n) is 6.65. The quantitative estimate of drug-likeness (QED) is 0.799. The lowest BCUT2D eigenvalue weighted by Crippen LogP contribution is -2.54. The van der Waals surface area contributed by atoms with Gasteiger partial charge in [-0.25, -0.2) is 9.59 Å². The van der Waals surface area contributed by atoms with E-state index in [0.29, 0.717) is 18.8 Å². The molecule has 0 bridgehead atoms. The van der Waals surface area contributed by atoms with Crippen LogP contribution < -0.4 is 5.32 Å². The van der Waals surface area contributed by atoms with Crippen molar-refractivity contribution in [3.63, 3.8) is 0 Å². The van der Waals surface area contributed by atoms with Crippen LogP contribution in [0, 0.1) is 0 Å². The number of nitrogens with one attached hydrogen (secondary N) is 1. The molecule has 2 heterocycles. The highest BCUT2D eigenvalue weighted by Crippen LogP contribution is 2.17. The van der Waals surface area contributed by atoms with Gasteiger partial charge in [-0.3, -0.25) is 0 Å². The van der Waals surface area contributed by atoms with Gasteiger partial charge in [-0.2, -0.15) is 11.8 Å². The van der Waals surface area contributed by atoms with Crippen molar-refractivity contribution in [2.45, 2.75) is 31.4 Å². The molecule has 2 aliphatic rings. The lowest BCUT2D eigenvalue weighted by atomic mass is 10.2. The van der Waals surface area contributed by atoms with Crippen LogP contribution in [0.3, 0.4) is 0 Å². The van der Waals surface area contributed by atoms with Crippen LogP contribution in [0.2, 0.25) is 0 Å². The molecule has 2 unspecified atom stereocenters. The van der Waals surface area contributed by atoms with E-state index in [0.717, 1.165) is 31.6 Å². The molecule has 0 radical (unpaired) electrons. The number of aliphatic carboxylic acids is 1. The van der Waals surface area contributed by atoms with Gasteiger partial charge in [0.05, 0.1) is 6.10 Å². The van der Waals surface area contributed by atoms with Crippen molar-refractivity contribution in [3.8, 4) is 0 Å². The number of ether oxygens (including phenoxy) is 1. The number of thioether (sulfide) groups is 1. The summed E-state index contributed by atoms with van der Waals surface area (Å²) in [6, 6.07) is -0.979. The van der Waals surface area contributed by atoms with Gasteiger partial charge in [0.15, 0.2) is 0 Å². The standard InChI is InChI=1S/C12H20N2O4S/c15-11(16)10-8-19-7-5-14(10)12(17)13-4-3-9-2-1-6-18-9/h9-10H,1-8H2,(H,13,17)(H,15,16). The number of hydrogen-bond acceptors (Lipinski definition) is 4. The van der Waals surface area contributed by atoms with E-state index >= 15 is 0 Å². The van der Waals surface area contributed by atoms with Crippen molar-refractivity contribution < 1.29 is 19.4 Å². The van der Waals surface area contributed by atoms with Crippen LogP contribution in [0.15, 0.2) is 0 Å². The predicted molar refractivity (Wildman–Crippen MR) is 72.4 cm³/mol. The van der Waals surface area contributed by atoms with Gasteiger partial charge in [0, 0.05) is 31.2 Å². The van der Waals surface area contributed by atoms with Crippen molar-refractivity contribution in [2.24, 2.45) is 0 Å². The molecular formula is C12H20N2O4S. The third-order valence-electron chi connectivity index (χ3n) is 3.44. The molecule has 2 fully saturated rings. The van der Waals surface area contributed by atoms with E-state index in [1.54, 1.807) is 11.8 Å². The first-order chi connectivity index (χ1) is 9.18. The second-order valence-electron chi connectivity index (χ2n) is 4.78. The third kappa shape index (κ3) is 4.01. The lowest BCUT2D eigenvalue weighted by Gasteiger charge is -2.32. The monoisotopic (exact) mass is 288 g/mol. The molecule has 108 valence electrons. The van der Waals surface area contributed by atoms with Gasteiger partial charge in [0.1, 0.15) is 6.04 Å². The molecule has 0 aromatic carbocycles. The topological polar surface area (TPSA) is 78.9 Å². The van der Waals surface area contributed by atoms with E-state index in [1.165, 1.54) is 4.90 Å². The van der Waals surface area contributed by atoms with Gasteiger partial charge < -0.3 is 20.1 Å². The van der Waals surface area contributed by atoms with E-state index in [2.05, 4.69) is 5.32 Å². The Morgan fingerprint density at radius 1 is 1.47 bits per heavy atom. The molecule has 0 aromatic rings. The minimum Gasteiger partial charge on any atom is -0.480 e. The molecule has 2 rings (SSSR count). The van der Waals surface area contributed by atoms with Crippen molar-refractivity contribution in [1.82, 2.24) is 10.2 Å². The Bertz CT molecular complexity index is 334. The maximum atomic E-state index is 12.0. The molecule has 2 amide bonds. The summed E-state index contributed by atoms with van der Waals surface area (Å²) in [5, 5.41) is 11.9. The van der Waals surface area contributed by atoms with E-state index in [-0.39, 0.29) is 12.1 Å². The zero-order chi connectivity index (χ0) is 13.7. The number of amides is 2. The number of rotatable bonds is 4. The average molecular weight is 288 g/mol. The summed E-state index contributed by atoms with van der Waals surface area (Å²) in [4.78, 5) is 24.5.